The molecule has 0 spiro atoms. The number of aromatic nitrogens is 4. The van der Waals surface area contributed by atoms with Gasteiger partial charge in [-0.1, -0.05) is 12.1 Å². The van der Waals surface area contributed by atoms with Crippen molar-refractivity contribution in [3.63, 3.8) is 0 Å². The van der Waals surface area contributed by atoms with Gasteiger partial charge in [-0.2, -0.15) is 9.61 Å². The first-order chi connectivity index (χ1) is 15.4. The second-order valence-electron chi connectivity index (χ2n) is 7.08. The zero-order valence-corrected chi connectivity index (χ0v) is 17.8. The van der Waals surface area contributed by atoms with E-state index >= 15 is 0 Å². The summed E-state index contributed by atoms with van der Waals surface area (Å²) in [5.74, 6) is 1.04. The van der Waals surface area contributed by atoms with Crippen LogP contribution in [0.2, 0.25) is 0 Å². The fourth-order valence-corrected chi connectivity index (χ4v) is 3.15. The number of aryl methyl sites for hydroxylation is 1. The molecule has 0 unspecified atom stereocenters. The Morgan fingerprint density at radius 3 is 2.66 bits per heavy atom. The predicted molar refractivity (Wildman–Crippen MR) is 118 cm³/mol. The second kappa shape index (κ2) is 8.84. The highest BCUT2D eigenvalue weighted by atomic mass is 16.5. The van der Waals surface area contributed by atoms with Gasteiger partial charge in [0.25, 0.3) is 5.91 Å². The van der Waals surface area contributed by atoms with Gasteiger partial charge in [-0.3, -0.25) is 9.59 Å². The lowest BCUT2D eigenvalue weighted by molar-refractivity contribution is -0.118. The molecule has 0 aliphatic heterocycles. The van der Waals surface area contributed by atoms with Crippen molar-refractivity contribution in [1.82, 2.24) is 19.8 Å². The monoisotopic (exact) mass is 431 g/mol. The number of hydrogen-bond donors (Lipinski definition) is 1. The molecule has 0 radical (unpaired) electrons. The fourth-order valence-electron chi connectivity index (χ4n) is 3.15. The van der Waals surface area contributed by atoms with Crippen LogP contribution in [0, 0.1) is 6.92 Å². The number of ketones is 1. The van der Waals surface area contributed by atoms with Crippen LogP contribution in [0.5, 0.6) is 11.5 Å². The van der Waals surface area contributed by atoms with Crippen LogP contribution in [0.25, 0.3) is 16.9 Å². The van der Waals surface area contributed by atoms with Gasteiger partial charge in [-0.05, 0) is 56.3 Å². The van der Waals surface area contributed by atoms with E-state index in [0.717, 1.165) is 11.3 Å². The predicted octanol–water partition coefficient (Wildman–Crippen LogP) is 3.33. The number of methoxy groups -OCH3 is 1. The smallest absolute Gasteiger partial charge is 0.262 e. The molecule has 4 aromatic rings. The number of benzene rings is 2. The van der Waals surface area contributed by atoms with Gasteiger partial charge in [0.05, 0.1) is 12.8 Å². The SMILES string of the molecule is COc1cc(C(C)=O)ccc1OCC(=O)Nc1cccc(-c2ccc3nnc(C)n3n2)c1. The largest absolute Gasteiger partial charge is 0.493 e. The van der Waals surface area contributed by atoms with Crippen molar-refractivity contribution >= 4 is 23.0 Å². The molecule has 2 heterocycles. The van der Waals surface area contributed by atoms with Gasteiger partial charge >= 0.3 is 0 Å². The highest BCUT2D eigenvalue weighted by Gasteiger charge is 2.12. The molecule has 2 aromatic heterocycles. The first-order valence-electron chi connectivity index (χ1n) is 9.86. The Morgan fingerprint density at radius 2 is 1.88 bits per heavy atom. The number of carbonyl (C=O) groups is 2. The summed E-state index contributed by atoms with van der Waals surface area (Å²) in [4.78, 5) is 23.9. The van der Waals surface area contributed by atoms with Crippen molar-refractivity contribution in [2.75, 3.05) is 19.0 Å². The topological polar surface area (TPSA) is 108 Å². The average molecular weight is 431 g/mol. The number of Topliss-reactive ketones (excluding diaryl/α,β-unsaturated/α-hetero) is 1. The molecule has 0 atom stereocenters. The molecule has 1 N–H and O–H groups in total. The third-order valence-corrected chi connectivity index (χ3v) is 4.79. The second-order valence-corrected chi connectivity index (χ2v) is 7.08. The van der Waals surface area contributed by atoms with E-state index in [4.69, 9.17) is 9.47 Å². The molecular formula is C23H21N5O4. The zero-order valence-electron chi connectivity index (χ0n) is 17.8. The highest BCUT2D eigenvalue weighted by Crippen LogP contribution is 2.28. The van der Waals surface area contributed by atoms with E-state index in [1.807, 2.05) is 37.3 Å². The summed E-state index contributed by atoms with van der Waals surface area (Å²) in [5.41, 5.74) is 3.34. The minimum atomic E-state index is -0.335. The Kier molecular flexibility index (Phi) is 5.80. The van der Waals surface area contributed by atoms with Crippen LogP contribution in [0.15, 0.2) is 54.6 Å². The van der Waals surface area contributed by atoms with Crippen LogP contribution in [0.4, 0.5) is 5.69 Å². The van der Waals surface area contributed by atoms with Crippen LogP contribution < -0.4 is 14.8 Å². The number of rotatable bonds is 7. The molecule has 162 valence electrons. The normalized spacial score (nSPS) is 10.7. The van der Waals surface area contributed by atoms with E-state index in [1.165, 1.54) is 14.0 Å². The molecule has 0 aliphatic carbocycles. The molecule has 9 nitrogen and oxygen atoms in total. The van der Waals surface area contributed by atoms with Crippen molar-refractivity contribution in [2.24, 2.45) is 0 Å². The molecular weight excluding hydrogens is 410 g/mol. The van der Waals surface area contributed by atoms with E-state index in [0.29, 0.717) is 34.2 Å². The fraction of sp³-hybridized carbons (Fsp3) is 0.174. The Bertz CT molecular complexity index is 1310. The van der Waals surface area contributed by atoms with Crippen LogP contribution in [0.1, 0.15) is 23.1 Å². The van der Waals surface area contributed by atoms with Gasteiger partial charge in [0, 0.05) is 16.8 Å². The molecule has 0 fully saturated rings. The first kappa shape index (κ1) is 21.0. The molecule has 2 aromatic carbocycles. The Labute approximate surface area is 184 Å². The van der Waals surface area contributed by atoms with E-state index in [2.05, 4.69) is 20.6 Å². The van der Waals surface area contributed by atoms with Gasteiger partial charge in [0.2, 0.25) is 0 Å². The average Bonchev–Trinajstić information content (AvgIpc) is 3.17. The lowest BCUT2D eigenvalue weighted by Gasteiger charge is -2.12. The molecule has 1 amide bonds. The first-order valence-corrected chi connectivity index (χ1v) is 9.86. The third-order valence-electron chi connectivity index (χ3n) is 4.79. The number of fused-ring (bicyclic) bond motifs is 1. The Balaban J connectivity index is 1.45. The number of hydrogen-bond acceptors (Lipinski definition) is 7. The van der Waals surface area contributed by atoms with Crippen LogP contribution in [-0.4, -0.2) is 45.2 Å². The van der Waals surface area contributed by atoms with Gasteiger partial charge in [-0.15, -0.1) is 10.2 Å². The third kappa shape index (κ3) is 4.41. The molecule has 32 heavy (non-hydrogen) atoms. The van der Waals surface area contributed by atoms with Crippen molar-refractivity contribution in [2.45, 2.75) is 13.8 Å². The highest BCUT2D eigenvalue weighted by molar-refractivity contribution is 5.95. The van der Waals surface area contributed by atoms with E-state index < -0.39 is 0 Å². The molecule has 4 rings (SSSR count). The van der Waals surface area contributed by atoms with Gasteiger partial charge < -0.3 is 14.8 Å². The van der Waals surface area contributed by atoms with E-state index in [9.17, 15) is 9.59 Å². The van der Waals surface area contributed by atoms with Crippen molar-refractivity contribution in [1.29, 1.82) is 0 Å². The number of carbonyl (C=O) groups excluding carboxylic acids is 2. The maximum absolute atomic E-state index is 12.4. The van der Waals surface area contributed by atoms with Crippen LogP contribution in [-0.2, 0) is 4.79 Å². The van der Waals surface area contributed by atoms with Crippen LogP contribution in [0.3, 0.4) is 0 Å². The molecule has 0 bridgehead atoms. The lowest BCUT2D eigenvalue weighted by atomic mass is 10.1. The number of amides is 1. The van der Waals surface area contributed by atoms with Crippen molar-refractivity contribution in [3.8, 4) is 22.8 Å². The lowest BCUT2D eigenvalue weighted by Crippen LogP contribution is -2.20. The Hall–Kier alpha value is -4.27. The van der Waals surface area contributed by atoms with Crippen LogP contribution >= 0.6 is 0 Å². The summed E-state index contributed by atoms with van der Waals surface area (Å²) in [5, 5.41) is 15.4. The van der Waals surface area contributed by atoms with Crippen molar-refractivity contribution in [3.05, 3.63) is 66.0 Å². The summed E-state index contributed by atoms with van der Waals surface area (Å²) in [6.07, 6.45) is 0. The summed E-state index contributed by atoms with van der Waals surface area (Å²) < 4.78 is 12.5. The van der Waals surface area contributed by atoms with Gasteiger partial charge in [-0.25, -0.2) is 0 Å². The van der Waals surface area contributed by atoms with Crippen molar-refractivity contribution < 1.29 is 19.1 Å². The summed E-state index contributed by atoms with van der Waals surface area (Å²) >= 11 is 0. The Morgan fingerprint density at radius 1 is 1.03 bits per heavy atom. The molecule has 9 heteroatoms. The van der Waals surface area contributed by atoms with Gasteiger partial charge in [0.1, 0.15) is 0 Å². The maximum Gasteiger partial charge on any atom is 0.262 e. The summed E-state index contributed by atoms with van der Waals surface area (Å²) in [6.45, 7) is 3.08. The minimum absolute atomic E-state index is 0.0828. The standard InChI is InChI=1S/C23H21N5O4/c1-14(29)16-7-9-20(21(12-16)31-3)32-13-23(30)24-18-6-4-5-17(11-18)19-8-10-22-26-25-15(2)28(22)27-19/h4-12H,13H2,1-3H3,(H,24,30). The maximum atomic E-state index is 12.4. The number of nitrogens with one attached hydrogen (secondary N) is 1. The number of ether oxygens (including phenoxy) is 2. The quantitative estimate of drug-likeness (QED) is 0.447. The summed E-state index contributed by atoms with van der Waals surface area (Å²) in [6, 6.07) is 15.9. The minimum Gasteiger partial charge on any atom is -0.493 e. The zero-order chi connectivity index (χ0) is 22.7. The summed E-state index contributed by atoms with van der Waals surface area (Å²) in [7, 11) is 1.48. The molecule has 0 saturated carbocycles. The van der Waals surface area contributed by atoms with Gasteiger partial charge in [0.15, 0.2) is 35.4 Å². The molecule has 0 aliphatic rings. The number of anilines is 1. The number of nitrogens with zero attached hydrogens (tertiary/aromatic N) is 4. The molecule has 0 saturated heterocycles. The van der Waals surface area contributed by atoms with E-state index in [-0.39, 0.29) is 18.3 Å². The van der Waals surface area contributed by atoms with E-state index in [1.54, 1.807) is 28.8 Å².